The van der Waals surface area contributed by atoms with Crippen molar-refractivity contribution in [2.75, 3.05) is 35.8 Å². The summed E-state index contributed by atoms with van der Waals surface area (Å²) in [5, 5.41) is 29.4. The summed E-state index contributed by atoms with van der Waals surface area (Å²) >= 11 is 10.3. The first kappa shape index (κ1) is 43.1. The van der Waals surface area contributed by atoms with Crippen LogP contribution >= 0.6 is 47.8 Å². The van der Waals surface area contributed by atoms with E-state index in [-0.39, 0.29) is 19.8 Å². The van der Waals surface area contributed by atoms with Gasteiger partial charge < -0.3 is 15.3 Å². The quantitative estimate of drug-likeness (QED) is 0.115. The lowest BCUT2D eigenvalue weighted by atomic mass is 10.1. The maximum absolute atomic E-state index is 8.79. The fourth-order valence-corrected chi connectivity index (χ4v) is 4.48. The first-order valence-electron chi connectivity index (χ1n) is 16.3. The number of aliphatic hydroxyl groups is 3. The Hall–Kier alpha value is -2.88. The summed E-state index contributed by atoms with van der Waals surface area (Å²) in [7, 11) is 0. The van der Waals surface area contributed by atoms with Crippen molar-refractivity contribution >= 4 is 47.8 Å². The summed E-state index contributed by atoms with van der Waals surface area (Å²) in [6, 6.07) is 12.0. The van der Waals surface area contributed by atoms with Crippen molar-refractivity contribution in [1.29, 1.82) is 0 Å². The molecule has 0 unspecified atom stereocenters. The van der Waals surface area contributed by atoms with E-state index >= 15 is 0 Å². The maximum atomic E-state index is 8.79. The van der Waals surface area contributed by atoms with Gasteiger partial charge in [0.1, 0.15) is 0 Å². The standard InChI is InChI=1S/C21H21Br3.C21H24O3/c2*22-13-7-1-4-10-19-16-20(11-5-2-8-14-23)18-21(17-19)12-6-3-9-15-24/h16-18H,1-3,7-9,13-15H2;16-18,22-24H,1-3,7-9,13-15H2. The second kappa shape index (κ2) is 31.4. The number of hydrogen-bond acceptors (Lipinski definition) is 3. The molecule has 0 aromatic heterocycles. The van der Waals surface area contributed by atoms with Crippen molar-refractivity contribution in [3.8, 4) is 71.0 Å². The third-order valence-electron chi connectivity index (χ3n) is 5.95. The summed E-state index contributed by atoms with van der Waals surface area (Å²) < 4.78 is 0. The van der Waals surface area contributed by atoms with Crippen molar-refractivity contribution in [2.24, 2.45) is 0 Å². The molecule has 2 aromatic carbocycles. The Bertz CT molecular complexity index is 1260. The van der Waals surface area contributed by atoms with Gasteiger partial charge in [0.25, 0.3) is 0 Å². The first-order valence-corrected chi connectivity index (χ1v) is 19.7. The average Bonchev–Trinajstić information content (AvgIpc) is 3.10. The molecule has 0 radical (unpaired) electrons. The van der Waals surface area contributed by atoms with Crippen molar-refractivity contribution < 1.29 is 15.3 Å². The van der Waals surface area contributed by atoms with E-state index < -0.39 is 0 Å². The molecule has 3 N–H and O–H groups in total. The molecule has 0 aliphatic carbocycles. The monoisotopic (exact) mass is 834 g/mol. The molecule has 48 heavy (non-hydrogen) atoms. The zero-order chi connectivity index (χ0) is 34.9. The van der Waals surface area contributed by atoms with E-state index in [0.717, 1.165) is 87.9 Å². The highest BCUT2D eigenvalue weighted by Crippen LogP contribution is 2.11. The van der Waals surface area contributed by atoms with Gasteiger partial charge in [-0.15, -0.1) is 0 Å². The maximum Gasteiger partial charge on any atom is 0.0440 e. The van der Waals surface area contributed by atoms with Gasteiger partial charge in [-0.25, -0.2) is 0 Å². The third-order valence-corrected chi connectivity index (χ3v) is 7.63. The zero-order valence-corrected chi connectivity index (χ0v) is 32.4. The molecule has 0 spiro atoms. The van der Waals surface area contributed by atoms with Crippen LogP contribution in [0.4, 0.5) is 0 Å². The van der Waals surface area contributed by atoms with Gasteiger partial charge in [0.2, 0.25) is 0 Å². The van der Waals surface area contributed by atoms with Gasteiger partial charge in [-0.1, -0.05) is 119 Å². The number of benzene rings is 2. The Morgan fingerprint density at radius 1 is 0.333 bits per heavy atom. The Kier molecular flexibility index (Phi) is 28.2. The number of aliphatic hydroxyl groups excluding tert-OH is 3. The van der Waals surface area contributed by atoms with Crippen molar-refractivity contribution in [3.63, 3.8) is 0 Å². The van der Waals surface area contributed by atoms with Crippen LogP contribution in [0.5, 0.6) is 0 Å². The normalized spacial score (nSPS) is 9.12. The SMILES string of the molecule is BrCCCC#Cc1cc(C#CCCCBr)cc(C#CCCCBr)c1.OCCCC#Cc1cc(C#CCCCO)cc(C#CCCCO)c1. The van der Waals surface area contributed by atoms with Crippen molar-refractivity contribution in [3.05, 3.63) is 69.8 Å². The molecule has 0 heterocycles. The number of alkyl halides is 3. The Morgan fingerprint density at radius 3 is 0.688 bits per heavy atom. The molecule has 2 rings (SSSR count). The summed E-state index contributed by atoms with van der Waals surface area (Å²) in [4.78, 5) is 0. The Morgan fingerprint density at radius 2 is 0.521 bits per heavy atom. The minimum absolute atomic E-state index is 0.145. The smallest absolute Gasteiger partial charge is 0.0440 e. The van der Waals surface area contributed by atoms with Crippen molar-refractivity contribution in [1.82, 2.24) is 0 Å². The number of rotatable bonds is 12. The lowest BCUT2D eigenvalue weighted by molar-refractivity contribution is 0.290. The van der Waals surface area contributed by atoms with Gasteiger partial charge in [0.15, 0.2) is 0 Å². The second-order valence-corrected chi connectivity index (χ2v) is 12.6. The molecule has 0 saturated heterocycles. The van der Waals surface area contributed by atoms with Crippen LogP contribution in [0.1, 0.15) is 110 Å². The van der Waals surface area contributed by atoms with Gasteiger partial charge in [-0.3, -0.25) is 0 Å². The number of hydrogen-bond donors (Lipinski definition) is 3. The van der Waals surface area contributed by atoms with E-state index in [1.54, 1.807) is 0 Å². The molecule has 0 atom stereocenters. The number of unbranched alkanes of at least 4 members (excludes halogenated alkanes) is 6. The van der Waals surface area contributed by atoms with Crippen molar-refractivity contribution in [2.45, 2.75) is 77.0 Å². The van der Waals surface area contributed by atoms with E-state index in [2.05, 4.69) is 137 Å². The summed E-state index contributed by atoms with van der Waals surface area (Å²) in [6.07, 6.45) is 9.87. The van der Waals surface area contributed by atoms with E-state index in [4.69, 9.17) is 15.3 Å². The molecule has 0 aliphatic heterocycles. The van der Waals surface area contributed by atoms with Gasteiger partial charge in [0.05, 0.1) is 0 Å². The lowest BCUT2D eigenvalue weighted by Crippen LogP contribution is -1.86. The molecule has 252 valence electrons. The van der Waals surface area contributed by atoms with Crippen LogP contribution in [-0.4, -0.2) is 51.1 Å². The van der Waals surface area contributed by atoms with E-state index in [1.165, 1.54) is 0 Å². The van der Waals surface area contributed by atoms with Crippen LogP contribution in [-0.2, 0) is 0 Å². The second-order valence-electron chi connectivity index (χ2n) is 10.3. The average molecular weight is 838 g/mol. The van der Waals surface area contributed by atoms with Crippen LogP contribution in [0.25, 0.3) is 0 Å². The molecule has 2 aromatic rings. The minimum atomic E-state index is 0.145. The molecule has 0 aliphatic rings. The fraction of sp³-hybridized carbons (Fsp3) is 0.429. The van der Waals surface area contributed by atoms with Gasteiger partial charge >= 0.3 is 0 Å². The van der Waals surface area contributed by atoms with Gasteiger partial charge in [0, 0.05) is 108 Å². The van der Waals surface area contributed by atoms with E-state index in [1.807, 2.05) is 18.2 Å². The summed E-state index contributed by atoms with van der Waals surface area (Å²) in [5.41, 5.74) is 5.57. The molecule has 0 fully saturated rings. The lowest BCUT2D eigenvalue weighted by Gasteiger charge is -1.97. The molecule has 3 nitrogen and oxygen atoms in total. The van der Waals surface area contributed by atoms with E-state index in [9.17, 15) is 0 Å². The molecular formula is C42H45Br3O3. The summed E-state index contributed by atoms with van der Waals surface area (Å²) in [5.74, 6) is 37.8. The number of halogens is 3. The van der Waals surface area contributed by atoms with Crippen LogP contribution in [0.3, 0.4) is 0 Å². The van der Waals surface area contributed by atoms with Crippen LogP contribution in [0.15, 0.2) is 36.4 Å². The third kappa shape index (κ3) is 23.4. The highest BCUT2D eigenvalue weighted by Gasteiger charge is 1.98. The highest BCUT2D eigenvalue weighted by molar-refractivity contribution is 9.09. The van der Waals surface area contributed by atoms with Crippen LogP contribution < -0.4 is 0 Å². The zero-order valence-electron chi connectivity index (χ0n) is 27.7. The minimum Gasteiger partial charge on any atom is -0.396 e. The van der Waals surface area contributed by atoms with Crippen LogP contribution in [0.2, 0.25) is 0 Å². The molecule has 0 amide bonds. The first-order chi connectivity index (χ1) is 23.6. The summed E-state index contributed by atoms with van der Waals surface area (Å²) in [6.45, 7) is 0.436. The molecule has 6 heteroatoms. The van der Waals surface area contributed by atoms with Gasteiger partial charge in [-0.05, 0) is 74.9 Å². The topological polar surface area (TPSA) is 60.7 Å². The molecule has 0 saturated carbocycles. The van der Waals surface area contributed by atoms with Crippen LogP contribution in [0, 0.1) is 71.0 Å². The predicted octanol–water partition coefficient (Wildman–Crippen LogP) is 8.33. The predicted molar refractivity (Wildman–Crippen MR) is 212 cm³/mol. The Balaban J connectivity index is 0.000000480. The molecule has 0 bridgehead atoms. The fourth-order valence-electron chi connectivity index (χ4n) is 3.64. The highest BCUT2D eigenvalue weighted by atomic mass is 79.9. The largest absolute Gasteiger partial charge is 0.396 e. The molecular weight excluding hydrogens is 792 g/mol. The Labute approximate surface area is 314 Å². The van der Waals surface area contributed by atoms with Gasteiger partial charge in [-0.2, -0.15) is 0 Å². The van der Waals surface area contributed by atoms with E-state index in [0.29, 0.717) is 38.5 Å².